The van der Waals surface area contributed by atoms with Crippen molar-refractivity contribution in [1.82, 2.24) is 0 Å². The van der Waals surface area contributed by atoms with Gasteiger partial charge in [0.05, 0.1) is 25.5 Å². The standard InChI is InChI=1S/C19H23NO5S3/c1-4-13(25-5-2)11-17-20(8-6-10-28(21,22)23)18-16(27-17)12-15(24-3)14-7-9-26-19(14)18/h7,9,11-12H,4-6,8,10H2,1-3H3/p+1. The lowest BCUT2D eigenvalue weighted by Crippen LogP contribution is -2.36. The van der Waals surface area contributed by atoms with Gasteiger partial charge in [0.25, 0.3) is 15.1 Å². The van der Waals surface area contributed by atoms with E-state index >= 15 is 0 Å². The second-order valence-electron chi connectivity index (χ2n) is 6.22. The molecule has 0 unspecified atom stereocenters. The zero-order valence-corrected chi connectivity index (χ0v) is 18.5. The van der Waals surface area contributed by atoms with Crippen LogP contribution in [0, 0.1) is 0 Å². The Morgan fingerprint density at radius 2 is 2.14 bits per heavy atom. The van der Waals surface area contributed by atoms with Crippen molar-refractivity contribution < 1.29 is 27.0 Å². The average Bonchev–Trinajstić information content (AvgIpc) is 3.24. The summed E-state index contributed by atoms with van der Waals surface area (Å²) in [5.74, 6) is 1.44. The number of aromatic nitrogens is 1. The number of fused-ring (bicyclic) bond motifs is 3. The fourth-order valence-electron chi connectivity index (χ4n) is 3.15. The Hall–Kier alpha value is -1.68. The highest BCUT2D eigenvalue weighted by Gasteiger charge is 2.25. The van der Waals surface area contributed by atoms with Gasteiger partial charge in [0.2, 0.25) is 5.52 Å². The number of ether oxygens (including phenoxy) is 2. The van der Waals surface area contributed by atoms with E-state index < -0.39 is 10.1 Å². The summed E-state index contributed by atoms with van der Waals surface area (Å²) < 4.78 is 47.0. The Kier molecular flexibility index (Phi) is 6.59. The van der Waals surface area contributed by atoms with E-state index in [4.69, 9.17) is 14.0 Å². The maximum absolute atomic E-state index is 11.2. The molecule has 0 saturated carbocycles. The average molecular weight is 443 g/mol. The molecule has 0 aliphatic carbocycles. The number of benzene rings is 1. The summed E-state index contributed by atoms with van der Waals surface area (Å²) in [6.07, 6.45) is 3.11. The maximum Gasteiger partial charge on any atom is 0.266 e. The lowest BCUT2D eigenvalue weighted by molar-refractivity contribution is -0.667. The SMILES string of the molecule is CCOC(=Cc1sc2cc(OC)c3ccsc3c2[n+]1CCCS(=O)(=O)O)CC. The summed E-state index contributed by atoms with van der Waals surface area (Å²) in [5, 5.41) is 4.05. The van der Waals surface area contributed by atoms with E-state index in [2.05, 4.69) is 4.57 Å². The highest BCUT2D eigenvalue weighted by molar-refractivity contribution is 7.85. The van der Waals surface area contributed by atoms with Crippen molar-refractivity contribution in [2.24, 2.45) is 0 Å². The van der Waals surface area contributed by atoms with Crippen LogP contribution in [0.5, 0.6) is 5.75 Å². The van der Waals surface area contributed by atoms with Gasteiger partial charge >= 0.3 is 0 Å². The molecule has 9 heteroatoms. The number of allylic oxidation sites excluding steroid dienone is 1. The van der Waals surface area contributed by atoms with Gasteiger partial charge in [0.1, 0.15) is 20.9 Å². The number of aryl methyl sites for hydroxylation is 1. The van der Waals surface area contributed by atoms with E-state index in [-0.39, 0.29) is 5.75 Å². The molecule has 3 aromatic rings. The van der Waals surface area contributed by atoms with Crippen molar-refractivity contribution in [1.29, 1.82) is 0 Å². The molecule has 6 nitrogen and oxygen atoms in total. The first kappa shape index (κ1) is 21.0. The first-order chi connectivity index (χ1) is 13.4. The zero-order chi connectivity index (χ0) is 20.3. The molecule has 0 amide bonds. The van der Waals surface area contributed by atoms with Crippen LogP contribution in [0.2, 0.25) is 0 Å². The smallest absolute Gasteiger partial charge is 0.266 e. The van der Waals surface area contributed by atoms with Gasteiger partial charge in [0, 0.05) is 24.3 Å². The van der Waals surface area contributed by atoms with Crippen LogP contribution in [0.1, 0.15) is 31.7 Å². The summed E-state index contributed by atoms with van der Waals surface area (Å²) in [6, 6.07) is 4.06. The van der Waals surface area contributed by atoms with Crippen LogP contribution in [0.15, 0.2) is 23.3 Å². The third-order valence-electron chi connectivity index (χ3n) is 4.36. The number of methoxy groups -OCH3 is 1. The lowest BCUT2D eigenvalue weighted by atomic mass is 10.2. The molecule has 0 atom stereocenters. The number of rotatable bonds is 9. The van der Waals surface area contributed by atoms with Crippen molar-refractivity contribution in [2.75, 3.05) is 19.5 Å². The fraction of sp³-hybridized carbons (Fsp3) is 0.421. The monoisotopic (exact) mass is 442 g/mol. The van der Waals surface area contributed by atoms with Gasteiger partial charge < -0.3 is 9.47 Å². The van der Waals surface area contributed by atoms with Gasteiger partial charge in [-0.25, -0.2) is 0 Å². The summed E-state index contributed by atoms with van der Waals surface area (Å²) in [4.78, 5) is 0. The molecule has 0 fully saturated rings. The predicted molar refractivity (Wildman–Crippen MR) is 115 cm³/mol. The minimum absolute atomic E-state index is 0.268. The molecule has 2 heterocycles. The van der Waals surface area contributed by atoms with Crippen LogP contribution < -0.4 is 9.30 Å². The fourth-order valence-corrected chi connectivity index (χ4v) is 5.86. The molecule has 0 aliphatic heterocycles. The van der Waals surface area contributed by atoms with Crippen LogP contribution in [0.4, 0.5) is 0 Å². The molecule has 28 heavy (non-hydrogen) atoms. The van der Waals surface area contributed by atoms with Gasteiger partial charge in [-0.05, 0) is 18.4 Å². The summed E-state index contributed by atoms with van der Waals surface area (Å²) in [7, 11) is -2.33. The summed E-state index contributed by atoms with van der Waals surface area (Å²) >= 11 is 3.25. The minimum Gasteiger partial charge on any atom is -0.498 e. The van der Waals surface area contributed by atoms with Crippen LogP contribution >= 0.6 is 22.7 Å². The quantitative estimate of drug-likeness (QED) is 0.300. The molecule has 3 rings (SSSR count). The first-order valence-corrected chi connectivity index (χ1v) is 12.4. The van der Waals surface area contributed by atoms with Gasteiger partial charge in [0.15, 0.2) is 6.54 Å². The van der Waals surface area contributed by atoms with Crippen molar-refractivity contribution in [3.8, 4) is 5.75 Å². The molecule has 0 radical (unpaired) electrons. The van der Waals surface area contributed by atoms with Crippen molar-refractivity contribution in [3.05, 3.63) is 28.3 Å². The minimum atomic E-state index is -3.99. The molecule has 0 spiro atoms. The molecule has 152 valence electrons. The van der Waals surface area contributed by atoms with E-state index in [0.717, 1.165) is 43.2 Å². The van der Waals surface area contributed by atoms with E-state index in [0.29, 0.717) is 19.6 Å². The van der Waals surface area contributed by atoms with Crippen molar-refractivity contribution >= 4 is 59.2 Å². The van der Waals surface area contributed by atoms with E-state index in [1.165, 1.54) is 0 Å². The largest absolute Gasteiger partial charge is 0.498 e. The van der Waals surface area contributed by atoms with Crippen molar-refractivity contribution in [2.45, 2.75) is 33.2 Å². The molecule has 0 aliphatic rings. The molecular weight excluding hydrogens is 418 g/mol. The predicted octanol–water partition coefficient (Wildman–Crippen LogP) is 4.48. The zero-order valence-electron chi connectivity index (χ0n) is 16.1. The Morgan fingerprint density at radius 3 is 2.79 bits per heavy atom. The molecule has 0 saturated heterocycles. The van der Waals surface area contributed by atoms with Crippen LogP contribution in [0.25, 0.3) is 26.4 Å². The second-order valence-corrected chi connectivity index (χ2v) is 9.77. The van der Waals surface area contributed by atoms with Gasteiger partial charge in [-0.1, -0.05) is 18.3 Å². The number of nitrogens with zero attached hydrogens (tertiary/aromatic N) is 1. The highest BCUT2D eigenvalue weighted by Crippen LogP contribution is 2.38. The number of hydrogen-bond donors (Lipinski definition) is 1. The maximum atomic E-state index is 11.2. The molecule has 1 N–H and O–H groups in total. The van der Waals surface area contributed by atoms with E-state index in [9.17, 15) is 8.42 Å². The summed E-state index contributed by atoms with van der Waals surface area (Å²) in [5.41, 5.74) is 1.06. The number of hydrogen-bond acceptors (Lipinski definition) is 6. The third-order valence-corrected chi connectivity index (χ3v) is 7.16. The number of thiophene rings is 1. The summed E-state index contributed by atoms with van der Waals surface area (Å²) in [6.45, 7) is 5.07. The third kappa shape index (κ3) is 4.48. The van der Waals surface area contributed by atoms with Gasteiger partial charge in [-0.15, -0.1) is 11.3 Å². The molecule has 0 bridgehead atoms. The van der Waals surface area contributed by atoms with Crippen LogP contribution in [-0.2, 0) is 21.4 Å². The van der Waals surface area contributed by atoms with Crippen molar-refractivity contribution in [3.63, 3.8) is 0 Å². The molecule has 1 aromatic carbocycles. The number of thiazole rings is 1. The van der Waals surface area contributed by atoms with Gasteiger partial charge in [-0.2, -0.15) is 13.0 Å². The Bertz CT molecular complexity index is 1110. The normalized spacial score (nSPS) is 12.8. The van der Waals surface area contributed by atoms with Crippen LogP contribution in [-0.4, -0.2) is 32.4 Å². The van der Waals surface area contributed by atoms with Crippen LogP contribution in [0.3, 0.4) is 0 Å². The Morgan fingerprint density at radius 1 is 1.36 bits per heavy atom. The first-order valence-electron chi connectivity index (χ1n) is 9.07. The second kappa shape index (κ2) is 8.77. The highest BCUT2D eigenvalue weighted by atomic mass is 32.2. The van der Waals surface area contributed by atoms with E-state index in [1.807, 2.05) is 37.4 Å². The molecule has 2 aromatic heterocycles. The van der Waals surface area contributed by atoms with E-state index in [1.54, 1.807) is 29.8 Å². The topological polar surface area (TPSA) is 76.7 Å². The molecular formula is C19H24NO5S3+. The Balaban J connectivity index is 2.18. The van der Waals surface area contributed by atoms with Gasteiger partial charge in [-0.3, -0.25) is 4.55 Å². The lowest BCUT2D eigenvalue weighted by Gasteiger charge is -2.04. The Labute approximate surface area is 172 Å².